The van der Waals surface area contributed by atoms with Crippen LogP contribution in [-0.2, 0) is 14.3 Å². The number of furan rings is 1. The summed E-state index contributed by atoms with van der Waals surface area (Å²) < 4.78 is 16.5. The molecule has 4 rings (SSSR count). The van der Waals surface area contributed by atoms with Crippen LogP contribution in [0.1, 0.15) is 30.7 Å². The van der Waals surface area contributed by atoms with Crippen LogP contribution in [0, 0.1) is 0 Å². The minimum Gasteiger partial charge on any atom is -0.507 e. The van der Waals surface area contributed by atoms with Gasteiger partial charge in [-0.2, -0.15) is 0 Å². The van der Waals surface area contributed by atoms with Crippen molar-refractivity contribution < 1.29 is 28.6 Å². The second-order valence-electron chi connectivity index (χ2n) is 7.78. The van der Waals surface area contributed by atoms with Crippen molar-refractivity contribution in [3.8, 4) is 5.75 Å². The largest absolute Gasteiger partial charge is 0.507 e. The number of aliphatic hydroxyl groups excluding tert-OH is 1. The third kappa shape index (κ3) is 4.56. The highest BCUT2D eigenvalue weighted by Gasteiger charge is 2.47. The van der Waals surface area contributed by atoms with E-state index in [0.717, 1.165) is 19.6 Å². The van der Waals surface area contributed by atoms with Crippen molar-refractivity contribution in [3.05, 3.63) is 59.6 Å². The molecular formula is C24H28N2O6. The first-order valence-corrected chi connectivity index (χ1v) is 10.9. The number of rotatable bonds is 8. The molecule has 2 aliphatic heterocycles. The Kier molecular flexibility index (Phi) is 6.92. The molecule has 0 spiro atoms. The lowest BCUT2D eigenvalue weighted by atomic mass is 9.99. The number of ether oxygens (including phenoxy) is 2. The number of hydrogen-bond acceptors (Lipinski definition) is 7. The van der Waals surface area contributed by atoms with Crippen molar-refractivity contribution in [3.63, 3.8) is 0 Å². The summed E-state index contributed by atoms with van der Waals surface area (Å²) in [5, 5.41) is 11.1. The highest BCUT2D eigenvalue weighted by Crippen LogP contribution is 2.39. The van der Waals surface area contributed by atoms with E-state index in [1.165, 1.54) is 11.2 Å². The molecule has 2 aliphatic rings. The number of hydrogen-bond donors (Lipinski definition) is 1. The van der Waals surface area contributed by atoms with E-state index >= 15 is 0 Å². The highest BCUT2D eigenvalue weighted by molar-refractivity contribution is 6.46. The van der Waals surface area contributed by atoms with E-state index in [-0.39, 0.29) is 11.3 Å². The molecule has 3 heterocycles. The number of ketones is 1. The van der Waals surface area contributed by atoms with Crippen molar-refractivity contribution in [2.24, 2.45) is 0 Å². The van der Waals surface area contributed by atoms with Gasteiger partial charge in [-0.05, 0) is 37.6 Å². The molecular weight excluding hydrogens is 412 g/mol. The molecule has 0 bridgehead atoms. The molecule has 170 valence electrons. The van der Waals surface area contributed by atoms with Crippen molar-refractivity contribution >= 4 is 17.4 Å². The maximum atomic E-state index is 13.0. The number of benzene rings is 1. The second kappa shape index (κ2) is 10.0. The lowest BCUT2D eigenvalue weighted by molar-refractivity contribution is -0.140. The van der Waals surface area contributed by atoms with Gasteiger partial charge in [0.05, 0.1) is 31.7 Å². The van der Waals surface area contributed by atoms with Gasteiger partial charge >= 0.3 is 0 Å². The number of likely N-dealkylation sites (tertiary alicyclic amines) is 1. The molecule has 32 heavy (non-hydrogen) atoms. The van der Waals surface area contributed by atoms with Crippen LogP contribution in [0.5, 0.6) is 5.75 Å². The van der Waals surface area contributed by atoms with Crippen LogP contribution in [0.2, 0.25) is 0 Å². The van der Waals surface area contributed by atoms with Crippen LogP contribution in [0.25, 0.3) is 5.76 Å². The number of amides is 1. The van der Waals surface area contributed by atoms with Crippen molar-refractivity contribution in [1.29, 1.82) is 0 Å². The first-order valence-electron chi connectivity index (χ1n) is 10.9. The smallest absolute Gasteiger partial charge is 0.295 e. The third-order valence-electron chi connectivity index (χ3n) is 5.75. The van der Waals surface area contributed by atoms with Gasteiger partial charge in [0.25, 0.3) is 11.7 Å². The van der Waals surface area contributed by atoms with Gasteiger partial charge in [-0.25, -0.2) is 0 Å². The molecule has 1 N–H and O–H groups in total. The van der Waals surface area contributed by atoms with Gasteiger partial charge in [-0.3, -0.25) is 14.5 Å². The molecule has 2 fully saturated rings. The SMILES string of the molecule is CCOc1cccc(C(O)=C2C(=O)C(=O)N(CCCN3CCOCC3)C2c2ccco2)c1. The zero-order valence-corrected chi connectivity index (χ0v) is 18.2. The molecule has 0 radical (unpaired) electrons. The Balaban J connectivity index is 1.62. The summed E-state index contributed by atoms with van der Waals surface area (Å²) in [7, 11) is 0. The fourth-order valence-corrected chi connectivity index (χ4v) is 4.20. The lowest BCUT2D eigenvalue weighted by Crippen LogP contribution is -2.38. The minimum absolute atomic E-state index is 0.0324. The van der Waals surface area contributed by atoms with Crippen LogP contribution in [0.4, 0.5) is 0 Å². The molecule has 1 amide bonds. The Morgan fingerprint density at radius 1 is 1.16 bits per heavy atom. The number of carbonyl (C=O) groups is 2. The summed E-state index contributed by atoms with van der Waals surface area (Å²) in [4.78, 5) is 29.7. The van der Waals surface area contributed by atoms with Crippen LogP contribution in [0.3, 0.4) is 0 Å². The standard InChI is InChI=1S/C24H28N2O6/c1-2-31-18-7-3-6-17(16-18)22(27)20-21(19-8-4-13-32-19)26(24(29)23(20)28)10-5-9-25-11-14-30-15-12-25/h3-4,6-8,13,16,21,27H,2,5,9-12,14-15H2,1H3. The predicted octanol–water partition coefficient (Wildman–Crippen LogP) is 2.82. The Hall–Kier alpha value is -3.10. The summed E-state index contributed by atoms with van der Waals surface area (Å²) in [5.74, 6) is -0.557. The quantitative estimate of drug-likeness (QED) is 0.383. The summed E-state index contributed by atoms with van der Waals surface area (Å²) in [6.07, 6.45) is 2.20. The van der Waals surface area contributed by atoms with Gasteiger partial charge in [0, 0.05) is 31.7 Å². The normalized spacial score (nSPS) is 21.3. The lowest BCUT2D eigenvalue weighted by Gasteiger charge is -2.28. The zero-order valence-electron chi connectivity index (χ0n) is 18.2. The van der Waals surface area contributed by atoms with Crippen LogP contribution < -0.4 is 4.74 Å². The second-order valence-corrected chi connectivity index (χ2v) is 7.78. The van der Waals surface area contributed by atoms with Gasteiger partial charge in [-0.15, -0.1) is 0 Å². The van der Waals surface area contributed by atoms with Crippen molar-refractivity contribution in [2.45, 2.75) is 19.4 Å². The van der Waals surface area contributed by atoms with Crippen molar-refractivity contribution in [2.75, 3.05) is 46.0 Å². The molecule has 0 saturated carbocycles. The molecule has 1 unspecified atom stereocenters. The Morgan fingerprint density at radius 2 is 1.97 bits per heavy atom. The van der Waals surface area contributed by atoms with Gasteiger partial charge < -0.3 is 23.9 Å². The van der Waals surface area contributed by atoms with Crippen LogP contribution in [0.15, 0.2) is 52.7 Å². The molecule has 1 atom stereocenters. The number of aliphatic hydroxyl groups is 1. The summed E-state index contributed by atoms with van der Waals surface area (Å²) in [5.41, 5.74) is 0.448. The van der Waals surface area contributed by atoms with E-state index in [9.17, 15) is 14.7 Å². The molecule has 2 aromatic rings. The van der Waals surface area contributed by atoms with E-state index in [1.54, 1.807) is 36.4 Å². The Morgan fingerprint density at radius 3 is 2.69 bits per heavy atom. The number of Topliss-reactive ketones (excluding diaryl/α,β-unsaturated/α-hetero) is 1. The van der Waals surface area contributed by atoms with Crippen LogP contribution in [-0.4, -0.2) is 72.6 Å². The Labute approximate surface area is 187 Å². The zero-order chi connectivity index (χ0) is 22.5. The van der Waals surface area contributed by atoms with Crippen molar-refractivity contribution in [1.82, 2.24) is 9.80 Å². The highest BCUT2D eigenvalue weighted by atomic mass is 16.5. The summed E-state index contributed by atoms with van der Waals surface area (Å²) in [6.45, 7) is 6.65. The maximum absolute atomic E-state index is 13.0. The number of morpholine rings is 1. The monoisotopic (exact) mass is 440 g/mol. The average molecular weight is 440 g/mol. The molecule has 8 heteroatoms. The average Bonchev–Trinajstić information content (AvgIpc) is 3.42. The molecule has 2 saturated heterocycles. The van der Waals surface area contributed by atoms with Gasteiger partial charge in [0.2, 0.25) is 0 Å². The predicted molar refractivity (Wildman–Crippen MR) is 117 cm³/mol. The molecule has 8 nitrogen and oxygen atoms in total. The fraction of sp³-hybridized carbons (Fsp3) is 0.417. The first kappa shape index (κ1) is 22.1. The maximum Gasteiger partial charge on any atom is 0.295 e. The molecule has 1 aromatic heterocycles. The number of nitrogens with zero attached hydrogens (tertiary/aromatic N) is 2. The Bertz CT molecular complexity index is 978. The fourth-order valence-electron chi connectivity index (χ4n) is 4.20. The van der Waals surface area contributed by atoms with Gasteiger partial charge in [-0.1, -0.05) is 12.1 Å². The van der Waals surface area contributed by atoms with Crippen LogP contribution >= 0.6 is 0 Å². The topological polar surface area (TPSA) is 92.5 Å². The van der Waals surface area contributed by atoms with E-state index < -0.39 is 17.7 Å². The summed E-state index contributed by atoms with van der Waals surface area (Å²) >= 11 is 0. The van der Waals surface area contributed by atoms with E-state index in [4.69, 9.17) is 13.9 Å². The number of carbonyl (C=O) groups excluding carboxylic acids is 2. The summed E-state index contributed by atoms with van der Waals surface area (Å²) in [6, 6.07) is 9.50. The van der Waals surface area contributed by atoms with Gasteiger partial charge in [0.15, 0.2) is 0 Å². The van der Waals surface area contributed by atoms with E-state index in [1.807, 2.05) is 6.92 Å². The minimum atomic E-state index is -0.773. The molecule has 1 aromatic carbocycles. The molecule has 0 aliphatic carbocycles. The third-order valence-corrected chi connectivity index (χ3v) is 5.75. The van der Waals surface area contributed by atoms with E-state index in [0.29, 0.717) is 49.9 Å². The van der Waals surface area contributed by atoms with Gasteiger partial charge in [0.1, 0.15) is 23.3 Å². The van der Waals surface area contributed by atoms with E-state index in [2.05, 4.69) is 4.90 Å². The first-order chi connectivity index (χ1) is 15.6.